The number of hydrogen-bond acceptors (Lipinski definition) is 1. The molecule has 1 atom stereocenters. The van der Waals surface area contributed by atoms with Gasteiger partial charge in [-0.2, -0.15) is 0 Å². The Morgan fingerprint density at radius 1 is 1.16 bits per heavy atom. The molecule has 0 fully saturated rings. The normalized spacial score (nSPS) is 12.4. The van der Waals surface area contributed by atoms with Crippen molar-refractivity contribution in [3.63, 3.8) is 0 Å². The zero-order chi connectivity index (χ0) is 13.8. The predicted octanol–water partition coefficient (Wildman–Crippen LogP) is 4.53. The molecule has 0 saturated heterocycles. The standard InChI is InChI=1S/C15H14BrClFN/c16-13-4-1-10(2-5-13)12(9-19)7-11-3-6-14(18)8-15(11)17/h1-6,8,12H,7,9,19H2. The van der Waals surface area contributed by atoms with Crippen molar-refractivity contribution in [2.75, 3.05) is 6.54 Å². The van der Waals surface area contributed by atoms with Crippen LogP contribution in [0.3, 0.4) is 0 Å². The molecule has 2 N–H and O–H groups in total. The SMILES string of the molecule is NCC(Cc1ccc(F)cc1Cl)c1ccc(Br)cc1. The Morgan fingerprint density at radius 2 is 1.84 bits per heavy atom. The molecule has 1 unspecified atom stereocenters. The van der Waals surface area contributed by atoms with Gasteiger partial charge in [0.1, 0.15) is 5.82 Å². The van der Waals surface area contributed by atoms with Gasteiger partial charge in [-0.3, -0.25) is 0 Å². The number of halogens is 3. The zero-order valence-electron chi connectivity index (χ0n) is 10.2. The van der Waals surface area contributed by atoms with Crippen LogP contribution >= 0.6 is 27.5 Å². The van der Waals surface area contributed by atoms with E-state index < -0.39 is 0 Å². The predicted molar refractivity (Wildman–Crippen MR) is 81.1 cm³/mol. The molecule has 0 aliphatic carbocycles. The summed E-state index contributed by atoms with van der Waals surface area (Å²) in [5, 5.41) is 0.454. The minimum absolute atomic E-state index is 0.177. The summed E-state index contributed by atoms with van der Waals surface area (Å²) in [6.07, 6.45) is 0.706. The third-order valence-corrected chi connectivity index (χ3v) is 3.99. The molecule has 19 heavy (non-hydrogen) atoms. The average Bonchev–Trinajstić information content (AvgIpc) is 2.39. The van der Waals surface area contributed by atoms with Crippen LogP contribution in [-0.4, -0.2) is 6.54 Å². The first-order valence-electron chi connectivity index (χ1n) is 5.99. The van der Waals surface area contributed by atoms with Crippen molar-refractivity contribution in [2.24, 2.45) is 5.73 Å². The summed E-state index contributed by atoms with van der Waals surface area (Å²) in [4.78, 5) is 0. The van der Waals surface area contributed by atoms with Crippen LogP contribution in [0.25, 0.3) is 0 Å². The van der Waals surface area contributed by atoms with E-state index in [1.807, 2.05) is 24.3 Å². The van der Waals surface area contributed by atoms with Gasteiger partial charge in [0.15, 0.2) is 0 Å². The second-order valence-corrected chi connectivity index (χ2v) is 5.75. The molecule has 0 aliphatic heterocycles. The zero-order valence-corrected chi connectivity index (χ0v) is 12.6. The lowest BCUT2D eigenvalue weighted by atomic mass is 9.92. The first-order chi connectivity index (χ1) is 9.10. The summed E-state index contributed by atoms with van der Waals surface area (Å²) in [5.74, 6) is -0.141. The largest absolute Gasteiger partial charge is 0.330 e. The second kappa shape index (κ2) is 6.51. The summed E-state index contributed by atoms with van der Waals surface area (Å²) in [6, 6.07) is 12.5. The van der Waals surface area contributed by atoms with Gasteiger partial charge in [0.2, 0.25) is 0 Å². The number of hydrogen-bond donors (Lipinski definition) is 1. The van der Waals surface area contributed by atoms with Crippen molar-refractivity contribution in [1.29, 1.82) is 0 Å². The van der Waals surface area contributed by atoms with Crippen LogP contribution < -0.4 is 5.73 Å². The van der Waals surface area contributed by atoms with E-state index in [0.29, 0.717) is 18.0 Å². The lowest BCUT2D eigenvalue weighted by Crippen LogP contribution is -2.15. The maximum Gasteiger partial charge on any atom is 0.124 e. The van der Waals surface area contributed by atoms with Crippen molar-refractivity contribution in [3.8, 4) is 0 Å². The Bertz CT molecular complexity index is 557. The first kappa shape index (κ1) is 14.5. The molecule has 2 rings (SSSR count). The molecule has 2 aromatic carbocycles. The van der Waals surface area contributed by atoms with Gasteiger partial charge in [0.25, 0.3) is 0 Å². The van der Waals surface area contributed by atoms with E-state index in [-0.39, 0.29) is 11.7 Å². The van der Waals surface area contributed by atoms with E-state index in [1.54, 1.807) is 6.07 Å². The summed E-state index contributed by atoms with van der Waals surface area (Å²) in [6.45, 7) is 0.523. The van der Waals surface area contributed by atoms with Crippen LogP contribution in [-0.2, 0) is 6.42 Å². The van der Waals surface area contributed by atoms with E-state index in [1.165, 1.54) is 12.1 Å². The monoisotopic (exact) mass is 341 g/mol. The minimum Gasteiger partial charge on any atom is -0.330 e. The maximum atomic E-state index is 13.0. The molecule has 4 heteroatoms. The topological polar surface area (TPSA) is 26.0 Å². The molecule has 0 bridgehead atoms. The highest BCUT2D eigenvalue weighted by molar-refractivity contribution is 9.10. The van der Waals surface area contributed by atoms with Gasteiger partial charge in [-0.15, -0.1) is 0 Å². The Kier molecular flexibility index (Phi) is 4.97. The molecule has 0 heterocycles. The fourth-order valence-corrected chi connectivity index (χ4v) is 2.53. The van der Waals surface area contributed by atoms with E-state index in [2.05, 4.69) is 15.9 Å². The molecule has 0 amide bonds. The molecule has 1 nitrogen and oxygen atoms in total. The summed E-state index contributed by atoms with van der Waals surface area (Å²) in [5.41, 5.74) is 7.92. The molecule has 0 saturated carbocycles. The summed E-state index contributed by atoms with van der Waals surface area (Å²) in [7, 11) is 0. The summed E-state index contributed by atoms with van der Waals surface area (Å²) < 4.78 is 14.1. The molecule has 0 aliphatic rings. The Balaban J connectivity index is 2.21. The molecule has 2 aromatic rings. The van der Waals surface area contributed by atoms with Crippen molar-refractivity contribution >= 4 is 27.5 Å². The van der Waals surface area contributed by atoms with E-state index >= 15 is 0 Å². The van der Waals surface area contributed by atoms with Crippen molar-refractivity contribution < 1.29 is 4.39 Å². The van der Waals surface area contributed by atoms with Gasteiger partial charge in [0.05, 0.1) is 0 Å². The van der Waals surface area contributed by atoms with Crippen LogP contribution in [0.5, 0.6) is 0 Å². The van der Waals surface area contributed by atoms with Crippen molar-refractivity contribution in [3.05, 3.63) is 68.9 Å². The van der Waals surface area contributed by atoms with Gasteiger partial charge in [-0.05, 0) is 48.4 Å². The van der Waals surface area contributed by atoms with Gasteiger partial charge in [-0.25, -0.2) is 4.39 Å². The van der Waals surface area contributed by atoms with E-state index in [9.17, 15) is 4.39 Å². The number of benzene rings is 2. The first-order valence-corrected chi connectivity index (χ1v) is 7.16. The Morgan fingerprint density at radius 3 is 2.42 bits per heavy atom. The molecular weight excluding hydrogens is 329 g/mol. The van der Waals surface area contributed by atoms with Crippen LogP contribution in [0.1, 0.15) is 17.0 Å². The molecule has 0 aromatic heterocycles. The van der Waals surface area contributed by atoms with Crippen molar-refractivity contribution in [2.45, 2.75) is 12.3 Å². The lowest BCUT2D eigenvalue weighted by molar-refractivity contribution is 0.625. The van der Waals surface area contributed by atoms with Crippen LogP contribution in [0.15, 0.2) is 46.9 Å². The number of rotatable bonds is 4. The maximum absolute atomic E-state index is 13.0. The van der Waals surface area contributed by atoms with Gasteiger partial charge in [0, 0.05) is 15.4 Å². The Labute approximate surface area is 125 Å². The smallest absolute Gasteiger partial charge is 0.124 e. The second-order valence-electron chi connectivity index (χ2n) is 4.42. The minimum atomic E-state index is -0.318. The number of nitrogens with two attached hydrogens (primary N) is 1. The average molecular weight is 343 g/mol. The molecule has 100 valence electrons. The van der Waals surface area contributed by atoms with Gasteiger partial charge < -0.3 is 5.73 Å². The quantitative estimate of drug-likeness (QED) is 0.868. The summed E-state index contributed by atoms with van der Waals surface area (Å²) >= 11 is 9.46. The lowest BCUT2D eigenvalue weighted by Gasteiger charge is -2.16. The van der Waals surface area contributed by atoms with Gasteiger partial charge >= 0.3 is 0 Å². The van der Waals surface area contributed by atoms with Crippen LogP contribution in [0.2, 0.25) is 5.02 Å². The fraction of sp³-hybridized carbons (Fsp3) is 0.200. The molecular formula is C15H14BrClFN. The third kappa shape index (κ3) is 3.78. The van der Waals surface area contributed by atoms with E-state index in [4.69, 9.17) is 17.3 Å². The van der Waals surface area contributed by atoms with Crippen molar-refractivity contribution in [1.82, 2.24) is 0 Å². The highest BCUT2D eigenvalue weighted by Crippen LogP contribution is 2.26. The molecule has 0 spiro atoms. The third-order valence-electron chi connectivity index (χ3n) is 3.11. The van der Waals surface area contributed by atoms with Crippen LogP contribution in [0.4, 0.5) is 4.39 Å². The van der Waals surface area contributed by atoms with E-state index in [0.717, 1.165) is 15.6 Å². The Hall–Kier alpha value is -0.900. The fourth-order valence-electron chi connectivity index (χ4n) is 2.02. The molecule has 0 radical (unpaired) electrons. The highest BCUT2D eigenvalue weighted by Gasteiger charge is 2.13. The van der Waals surface area contributed by atoms with Crippen LogP contribution in [0, 0.1) is 5.82 Å². The highest BCUT2D eigenvalue weighted by atomic mass is 79.9. The van der Waals surface area contributed by atoms with Gasteiger partial charge in [-0.1, -0.05) is 45.7 Å².